The molecule has 1 aromatic carbocycles. The van der Waals surface area contributed by atoms with Crippen LogP contribution in [0.4, 0.5) is 0 Å². The van der Waals surface area contributed by atoms with Gasteiger partial charge in [0.25, 0.3) is 0 Å². The number of nitrogens with one attached hydrogen (secondary N) is 1. The van der Waals surface area contributed by atoms with E-state index in [0.717, 1.165) is 17.7 Å². The summed E-state index contributed by atoms with van der Waals surface area (Å²) < 4.78 is 16.0. The summed E-state index contributed by atoms with van der Waals surface area (Å²) in [6.07, 6.45) is 1.01. The molecule has 2 aliphatic rings. The number of thioether (sulfide) groups is 1. The van der Waals surface area contributed by atoms with Gasteiger partial charge >= 0.3 is 5.97 Å². The first-order chi connectivity index (χ1) is 15.3. The van der Waals surface area contributed by atoms with Crippen molar-refractivity contribution < 1.29 is 23.8 Å². The van der Waals surface area contributed by atoms with Gasteiger partial charge in [-0.05, 0) is 43.4 Å². The average Bonchev–Trinajstić information content (AvgIpc) is 3.18. The maximum absolute atomic E-state index is 12.8. The molecule has 0 saturated carbocycles. The third-order valence-electron chi connectivity index (χ3n) is 5.46. The number of hydrogen-bond donors (Lipinski definition) is 1. The fourth-order valence-corrected chi connectivity index (χ4v) is 4.60. The SMILES string of the molecule is CC[C@H](C)NC(=O)CC1=CSC2=NC(C)=C(C(=O)OC)[C@H](c3cc(OC)cc(OC)c3)N12. The largest absolute Gasteiger partial charge is 0.497 e. The van der Waals surface area contributed by atoms with Crippen LogP contribution in [0.15, 0.2) is 45.6 Å². The molecule has 1 N–H and O–H groups in total. The number of ether oxygens (including phenoxy) is 3. The van der Waals surface area contributed by atoms with Crippen LogP contribution in [0.3, 0.4) is 0 Å². The Hall–Kier alpha value is -2.94. The van der Waals surface area contributed by atoms with Crippen LogP contribution in [-0.4, -0.2) is 49.3 Å². The monoisotopic (exact) mass is 459 g/mol. The number of carbonyl (C=O) groups is 2. The van der Waals surface area contributed by atoms with Crippen LogP contribution in [0.2, 0.25) is 0 Å². The second-order valence-electron chi connectivity index (χ2n) is 7.58. The third-order valence-corrected chi connectivity index (χ3v) is 6.35. The van der Waals surface area contributed by atoms with E-state index in [1.165, 1.54) is 18.9 Å². The molecule has 0 saturated heterocycles. The van der Waals surface area contributed by atoms with E-state index in [-0.39, 0.29) is 18.4 Å². The van der Waals surface area contributed by atoms with E-state index in [0.29, 0.717) is 27.9 Å². The fraction of sp³-hybridized carbons (Fsp3) is 0.435. The predicted octanol–water partition coefficient (Wildman–Crippen LogP) is 3.76. The maximum Gasteiger partial charge on any atom is 0.338 e. The fourth-order valence-electron chi connectivity index (χ4n) is 3.64. The zero-order valence-electron chi connectivity index (χ0n) is 19.2. The number of aliphatic imine (C=N–C) groups is 1. The van der Waals surface area contributed by atoms with Crippen molar-refractivity contribution in [1.29, 1.82) is 0 Å². The van der Waals surface area contributed by atoms with Gasteiger partial charge in [0.2, 0.25) is 5.91 Å². The van der Waals surface area contributed by atoms with Crippen LogP contribution in [0.25, 0.3) is 0 Å². The summed E-state index contributed by atoms with van der Waals surface area (Å²) >= 11 is 1.43. The molecular formula is C23H29N3O5S. The van der Waals surface area contributed by atoms with Gasteiger partial charge in [-0.1, -0.05) is 18.7 Å². The van der Waals surface area contributed by atoms with E-state index >= 15 is 0 Å². The van der Waals surface area contributed by atoms with E-state index < -0.39 is 12.0 Å². The smallest absolute Gasteiger partial charge is 0.338 e. The summed E-state index contributed by atoms with van der Waals surface area (Å²) in [4.78, 5) is 32.0. The van der Waals surface area contributed by atoms with Crippen LogP contribution in [0.1, 0.15) is 45.2 Å². The quantitative estimate of drug-likeness (QED) is 0.592. The molecule has 1 aromatic rings. The Morgan fingerprint density at radius 2 is 1.84 bits per heavy atom. The van der Waals surface area contributed by atoms with Gasteiger partial charge in [-0.3, -0.25) is 4.79 Å². The minimum atomic E-state index is -0.545. The van der Waals surface area contributed by atoms with Gasteiger partial charge in [-0.2, -0.15) is 0 Å². The number of benzene rings is 1. The summed E-state index contributed by atoms with van der Waals surface area (Å²) in [5.74, 6) is 0.632. The molecule has 0 spiro atoms. The molecule has 9 heteroatoms. The predicted molar refractivity (Wildman–Crippen MR) is 124 cm³/mol. The van der Waals surface area contributed by atoms with Crippen LogP contribution < -0.4 is 14.8 Å². The van der Waals surface area contributed by atoms with Crippen LogP contribution in [-0.2, 0) is 14.3 Å². The van der Waals surface area contributed by atoms with Gasteiger partial charge < -0.3 is 24.4 Å². The highest BCUT2D eigenvalue weighted by Crippen LogP contribution is 2.46. The van der Waals surface area contributed by atoms with Crippen molar-refractivity contribution in [1.82, 2.24) is 10.2 Å². The van der Waals surface area contributed by atoms with E-state index in [1.54, 1.807) is 27.2 Å². The number of methoxy groups -OCH3 is 3. The van der Waals surface area contributed by atoms with Gasteiger partial charge in [0.1, 0.15) is 11.5 Å². The Balaban J connectivity index is 2.07. The molecule has 3 rings (SSSR count). The molecule has 2 heterocycles. The minimum absolute atomic E-state index is 0.0814. The lowest BCUT2D eigenvalue weighted by molar-refractivity contribution is -0.136. The number of carbonyl (C=O) groups excluding carboxylic acids is 2. The Bertz CT molecular complexity index is 979. The third kappa shape index (κ3) is 4.77. The van der Waals surface area contributed by atoms with Crippen LogP contribution >= 0.6 is 11.8 Å². The van der Waals surface area contributed by atoms with Gasteiger partial charge in [0.15, 0.2) is 5.17 Å². The topological polar surface area (TPSA) is 89.5 Å². The average molecular weight is 460 g/mol. The van der Waals surface area contributed by atoms with E-state index in [1.807, 2.05) is 36.3 Å². The number of amidine groups is 1. The lowest BCUT2D eigenvalue weighted by atomic mass is 9.93. The number of esters is 1. The highest BCUT2D eigenvalue weighted by Gasteiger charge is 2.41. The molecule has 0 fully saturated rings. The number of hydrogen-bond acceptors (Lipinski definition) is 8. The highest BCUT2D eigenvalue weighted by molar-refractivity contribution is 8.16. The first-order valence-electron chi connectivity index (χ1n) is 10.4. The minimum Gasteiger partial charge on any atom is -0.497 e. The molecule has 2 atom stereocenters. The van der Waals surface area contributed by atoms with Gasteiger partial charge in [-0.25, -0.2) is 9.79 Å². The molecule has 172 valence electrons. The summed E-state index contributed by atoms with van der Waals surface area (Å²) in [6.45, 7) is 5.78. The van der Waals surface area contributed by atoms with Crippen molar-refractivity contribution in [2.24, 2.45) is 4.99 Å². The number of allylic oxidation sites excluding steroid dienone is 1. The van der Waals surface area contributed by atoms with Gasteiger partial charge in [0, 0.05) is 17.8 Å². The Labute approximate surface area is 192 Å². The number of rotatable bonds is 8. The Morgan fingerprint density at radius 3 is 2.41 bits per heavy atom. The second-order valence-corrected chi connectivity index (χ2v) is 8.42. The molecule has 0 unspecified atom stereocenters. The summed E-state index contributed by atoms with van der Waals surface area (Å²) in [5, 5.41) is 5.61. The molecule has 0 aliphatic carbocycles. The van der Waals surface area contributed by atoms with Crippen molar-refractivity contribution in [2.45, 2.75) is 45.7 Å². The molecule has 0 bridgehead atoms. The zero-order chi connectivity index (χ0) is 23.4. The molecule has 0 radical (unpaired) electrons. The molecular weight excluding hydrogens is 430 g/mol. The summed E-state index contributed by atoms with van der Waals surface area (Å²) in [6, 6.07) is 5.01. The maximum atomic E-state index is 12.8. The molecule has 0 aromatic heterocycles. The number of nitrogens with zero attached hydrogens (tertiary/aromatic N) is 2. The molecule has 1 amide bonds. The van der Waals surface area contributed by atoms with Crippen molar-refractivity contribution in [3.63, 3.8) is 0 Å². The van der Waals surface area contributed by atoms with Crippen LogP contribution in [0, 0.1) is 0 Å². The highest BCUT2D eigenvalue weighted by atomic mass is 32.2. The standard InChI is InChI=1S/C23H29N3O5S/c1-7-13(2)24-19(27)10-16-12-32-23-25-14(3)20(22(28)31-6)21(26(16)23)15-8-17(29-4)11-18(9-15)30-5/h8-9,11-13,21H,7,10H2,1-6H3,(H,24,27)/t13-,21-/m0/s1. The van der Waals surface area contributed by atoms with Crippen molar-refractivity contribution in [3.05, 3.63) is 46.1 Å². The zero-order valence-corrected chi connectivity index (χ0v) is 20.0. The number of fused-ring (bicyclic) bond motifs is 1. The van der Waals surface area contributed by atoms with Gasteiger partial charge in [-0.15, -0.1) is 0 Å². The summed E-state index contributed by atoms with van der Waals surface area (Å²) in [7, 11) is 4.50. The Kier molecular flexibility index (Phi) is 7.50. The molecule has 8 nitrogen and oxygen atoms in total. The normalized spacial score (nSPS) is 18.4. The first-order valence-corrected chi connectivity index (χ1v) is 11.3. The van der Waals surface area contributed by atoms with Crippen LogP contribution in [0.5, 0.6) is 11.5 Å². The molecule has 32 heavy (non-hydrogen) atoms. The lowest BCUT2D eigenvalue weighted by Crippen LogP contribution is -2.39. The van der Waals surface area contributed by atoms with E-state index in [9.17, 15) is 9.59 Å². The van der Waals surface area contributed by atoms with Crippen molar-refractivity contribution >= 4 is 28.8 Å². The van der Waals surface area contributed by atoms with Crippen molar-refractivity contribution in [2.75, 3.05) is 21.3 Å². The lowest BCUT2D eigenvalue weighted by Gasteiger charge is -2.36. The summed E-state index contributed by atoms with van der Waals surface area (Å²) in [5.41, 5.74) is 2.50. The van der Waals surface area contributed by atoms with Crippen molar-refractivity contribution in [3.8, 4) is 11.5 Å². The number of amides is 1. The second kappa shape index (κ2) is 10.1. The Morgan fingerprint density at radius 1 is 1.19 bits per heavy atom. The van der Waals surface area contributed by atoms with Gasteiger partial charge in [0.05, 0.1) is 45.1 Å². The molecule has 2 aliphatic heterocycles. The first kappa shape index (κ1) is 23.7. The van der Waals surface area contributed by atoms with E-state index in [2.05, 4.69) is 10.3 Å². The van der Waals surface area contributed by atoms with E-state index in [4.69, 9.17) is 14.2 Å².